The molecule has 0 saturated carbocycles. The summed E-state index contributed by atoms with van der Waals surface area (Å²) in [4.78, 5) is 10.7. The Morgan fingerprint density at radius 3 is 2.93 bits per heavy atom. The van der Waals surface area contributed by atoms with Gasteiger partial charge in [0.25, 0.3) is 0 Å². The van der Waals surface area contributed by atoms with Gasteiger partial charge in [0.15, 0.2) is 6.29 Å². The van der Waals surface area contributed by atoms with E-state index in [9.17, 15) is 4.79 Å². The summed E-state index contributed by atoms with van der Waals surface area (Å²) >= 11 is 3.32. The summed E-state index contributed by atoms with van der Waals surface area (Å²) in [6.07, 6.45) is 0.776. The number of carbonyl (C=O) groups is 1. The summed E-state index contributed by atoms with van der Waals surface area (Å²) in [6, 6.07) is 5.34. The van der Waals surface area contributed by atoms with Crippen LogP contribution in [0.25, 0.3) is 0 Å². The Hall–Kier alpha value is -1.09. The number of ether oxygens (including phenoxy) is 1. The molecule has 0 saturated heterocycles. The van der Waals surface area contributed by atoms with E-state index in [-0.39, 0.29) is 0 Å². The third kappa shape index (κ3) is 2.70. The zero-order valence-electron chi connectivity index (χ0n) is 7.92. The third-order valence-electron chi connectivity index (χ3n) is 1.59. The maximum absolute atomic E-state index is 10.7. The van der Waals surface area contributed by atoms with Gasteiger partial charge in [0.1, 0.15) is 12.4 Å². The van der Waals surface area contributed by atoms with Crippen LogP contribution in [0.5, 0.6) is 5.75 Å². The van der Waals surface area contributed by atoms with Gasteiger partial charge >= 0.3 is 0 Å². The number of rotatable bonds is 4. The highest BCUT2D eigenvalue weighted by Gasteiger charge is 2.06. The highest BCUT2D eigenvalue weighted by atomic mass is 79.9. The molecule has 0 bridgehead atoms. The van der Waals surface area contributed by atoms with Crippen LogP contribution in [-0.2, 0) is 0 Å². The largest absolute Gasteiger partial charge is 0.487 e. The van der Waals surface area contributed by atoms with Crippen LogP contribution in [0.3, 0.4) is 0 Å². The normalized spacial score (nSPS) is 9.57. The Bertz CT molecular complexity index is 358. The van der Waals surface area contributed by atoms with E-state index in [0.29, 0.717) is 17.9 Å². The molecular formula is C11H11BrO2. The number of hydrogen-bond donors (Lipinski definition) is 0. The number of hydrogen-bond acceptors (Lipinski definition) is 2. The van der Waals surface area contributed by atoms with Crippen LogP contribution in [0, 0.1) is 0 Å². The molecule has 0 amide bonds. The van der Waals surface area contributed by atoms with Crippen LogP contribution in [0.2, 0.25) is 0 Å². The van der Waals surface area contributed by atoms with Crippen molar-refractivity contribution in [3.8, 4) is 5.75 Å². The molecule has 2 nitrogen and oxygen atoms in total. The van der Waals surface area contributed by atoms with Crippen molar-refractivity contribution < 1.29 is 9.53 Å². The second-order valence-corrected chi connectivity index (χ2v) is 3.88. The maximum Gasteiger partial charge on any atom is 0.153 e. The average molecular weight is 255 g/mol. The van der Waals surface area contributed by atoms with Gasteiger partial charge in [-0.15, -0.1) is 0 Å². The summed E-state index contributed by atoms with van der Waals surface area (Å²) in [6.45, 7) is 6.02. The topological polar surface area (TPSA) is 26.3 Å². The van der Waals surface area contributed by atoms with Gasteiger partial charge in [-0.05, 0) is 40.6 Å². The lowest BCUT2D eigenvalue weighted by Crippen LogP contribution is -2.00. The fraction of sp³-hybridized carbons (Fsp3) is 0.182. The first-order chi connectivity index (χ1) is 6.65. The predicted octanol–water partition coefficient (Wildman–Crippen LogP) is 3.22. The molecule has 0 aliphatic carbocycles. The van der Waals surface area contributed by atoms with Gasteiger partial charge in [0.2, 0.25) is 0 Å². The van der Waals surface area contributed by atoms with Crippen molar-refractivity contribution in [2.45, 2.75) is 6.92 Å². The molecule has 0 aromatic heterocycles. The number of halogens is 1. The Labute approximate surface area is 91.7 Å². The first-order valence-corrected chi connectivity index (χ1v) is 4.95. The van der Waals surface area contributed by atoms with Gasteiger partial charge in [-0.3, -0.25) is 4.79 Å². The molecule has 1 aromatic carbocycles. The van der Waals surface area contributed by atoms with Crippen LogP contribution >= 0.6 is 15.9 Å². The van der Waals surface area contributed by atoms with E-state index >= 15 is 0 Å². The summed E-state index contributed by atoms with van der Waals surface area (Å²) in [5.74, 6) is 0.575. The van der Waals surface area contributed by atoms with Crippen molar-refractivity contribution in [2.75, 3.05) is 6.61 Å². The highest BCUT2D eigenvalue weighted by Crippen LogP contribution is 2.28. The fourth-order valence-corrected chi connectivity index (χ4v) is 1.46. The first kappa shape index (κ1) is 11.0. The summed E-state index contributed by atoms with van der Waals surface area (Å²) < 4.78 is 6.22. The summed E-state index contributed by atoms with van der Waals surface area (Å²) in [7, 11) is 0. The second-order valence-electron chi connectivity index (χ2n) is 3.02. The van der Waals surface area contributed by atoms with Crippen molar-refractivity contribution in [1.29, 1.82) is 0 Å². The molecule has 14 heavy (non-hydrogen) atoms. The SMILES string of the molecule is C=C(C)COc1c(Br)cccc1C=O. The zero-order valence-corrected chi connectivity index (χ0v) is 9.50. The van der Waals surface area contributed by atoms with Gasteiger partial charge < -0.3 is 4.74 Å². The van der Waals surface area contributed by atoms with Crippen LogP contribution < -0.4 is 4.74 Å². The molecule has 3 heteroatoms. The van der Waals surface area contributed by atoms with E-state index in [1.807, 2.05) is 13.0 Å². The molecule has 1 rings (SSSR count). The molecule has 0 fully saturated rings. The number of aldehydes is 1. The monoisotopic (exact) mass is 254 g/mol. The van der Waals surface area contributed by atoms with E-state index < -0.39 is 0 Å². The summed E-state index contributed by atoms with van der Waals surface area (Å²) in [5.41, 5.74) is 1.46. The molecule has 0 spiro atoms. The van der Waals surface area contributed by atoms with E-state index in [1.165, 1.54) is 0 Å². The average Bonchev–Trinajstić information content (AvgIpc) is 2.15. The second kappa shape index (κ2) is 4.96. The smallest absolute Gasteiger partial charge is 0.153 e. The lowest BCUT2D eigenvalue weighted by Gasteiger charge is -2.09. The Morgan fingerprint density at radius 1 is 1.64 bits per heavy atom. The fourth-order valence-electron chi connectivity index (χ4n) is 0.966. The van der Waals surface area contributed by atoms with E-state index in [2.05, 4.69) is 22.5 Å². The number of benzene rings is 1. The van der Waals surface area contributed by atoms with Gasteiger partial charge in [0, 0.05) is 0 Å². The molecule has 74 valence electrons. The Balaban J connectivity index is 2.93. The van der Waals surface area contributed by atoms with Crippen LogP contribution in [0.4, 0.5) is 0 Å². The molecular weight excluding hydrogens is 244 g/mol. The van der Waals surface area contributed by atoms with E-state index in [4.69, 9.17) is 4.74 Å². The Kier molecular flexibility index (Phi) is 3.89. The lowest BCUT2D eigenvalue weighted by atomic mass is 10.2. The molecule has 0 aliphatic heterocycles. The highest BCUT2D eigenvalue weighted by molar-refractivity contribution is 9.10. The quantitative estimate of drug-likeness (QED) is 0.610. The van der Waals surface area contributed by atoms with Crippen molar-refractivity contribution in [3.05, 3.63) is 40.4 Å². The molecule has 0 unspecified atom stereocenters. The van der Waals surface area contributed by atoms with Crippen molar-refractivity contribution in [3.63, 3.8) is 0 Å². The molecule has 0 atom stereocenters. The standard InChI is InChI=1S/C11H11BrO2/c1-8(2)7-14-11-9(6-13)4-3-5-10(11)12/h3-6H,1,7H2,2H3. The van der Waals surface area contributed by atoms with E-state index in [1.54, 1.807) is 12.1 Å². The molecule has 1 aromatic rings. The van der Waals surface area contributed by atoms with Crippen LogP contribution in [0.1, 0.15) is 17.3 Å². The van der Waals surface area contributed by atoms with Gasteiger partial charge in [0.05, 0.1) is 10.0 Å². The van der Waals surface area contributed by atoms with Crippen LogP contribution in [0.15, 0.2) is 34.8 Å². The van der Waals surface area contributed by atoms with Crippen molar-refractivity contribution in [2.24, 2.45) is 0 Å². The molecule has 0 heterocycles. The lowest BCUT2D eigenvalue weighted by molar-refractivity contribution is 0.112. The molecule has 0 radical (unpaired) electrons. The third-order valence-corrected chi connectivity index (χ3v) is 2.21. The van der Waals surface area contributed by atoms with Crippen LogP contribution in [-0.4, -0.2) is 12.9 Å². The van der Waals surface area contributed by atoms with Crippen molar-refractivity contribution >= 4 is 22.2 Å². The maximum atomic E-state index is 10.7. The van der Waals surface area contributed by atoms with Gasteiger partial charge in [-0.25, -0.2) is 0 Å². The first-order valence-electron chi connectivity index (χ1n) is 4.16. The molecule has 0 N–H and O–H groups in total. The van der Waals surface area contributed by atoms with E-state index in [0.717, 1.165) is 16.3 Å². The predicted molar refractivity (Wildman–Crippen MR) is 59.8 cm³/mol. The van der Waals surface area contributed by atoms with Gasteiger partial charge in [-0.1, -0.05) is 12.6 Å². The molecule has 0 aliphatic rings. The minimum Gasteiger partial charge on any atom is -0.487 e. The van der Waals surface area contributed by atoms with Gasteiger partial charge in [-0.2, -0.15) is 0 Å². The summed E-state index contributed by atoms with van der Waals surface area (Å²) in [5, 5.41) is 0. The minimum atomic E-state index is 0.420. The Morgan fingerprint density at radius 2 is 2.36 bits per heavy atom. The minimum absolute atomic E-state index is 0.420. The number of carbonyl (C=O) groups excluding carboxylic acids is 1. The zero-order chi connectivity index (χ0) is 10.6. The van der Waals surface area contributed by atoms with Crippen molar-refractivity contribution in [1.82, 2.24) is 0 Å². The number of para-hydroxylation sites is 1.